The highest BCUT2D eigenvalue weighted by atomic mass is 16.5. The van der Waals surface area contributed by atoms with Gasteiger partial charge in [0.1, 0.15) is 11.6 Å². The van der Waals surface area contributed by atoms with Crippen LogP contribution >= 0.6 is 0 Å². The van der Waals surface area contributed by atoms with Crippen LogP contribution in [0.15, 0.2) is 12.1 Å². The fourth-order valence-corrected chi connectivity index (χ4v) is 1.30. The van der Waals surface area contributed by atoms with E-state index in [1.165, 1.54) is 6.92 Å². The number of hydrogen-bond donors (Lipinski definition) is 1. The van der Waals surface area contributed by atoms with E-state index in [4.69, 9.17) is 15.7 Å². The van der Waals surface area contributed by atoms with Crippen LogP contribution in [0, 0.1) is 11.3 Å². The standard InChI is InChI=1S/C11H12N2O2/c1-3-15-11-9(6-12)8(7(2)14)4-5-10(11)13/h4-5H,3,13H2,1-2H3. The van der Waals surface area contributed by atoms with Gasteiger partial charge in [-0.05, 0) is 26.0 Å². The van der Waals surface area contributed by atoms with Crippen LogP contribution in [0.5, 0.6) is 5.75 Å². The van der Waals surface area contributed by atoms with Gasteiger partial charge in [-0.1, -0.05) is 0 Å². The number of nitrogens with two attached hydrogens (primary N) is 1. The molecule has 1 aromatic rings. The van der Waals surface area contributed by atoms with E-state index in [0.717, 1.165) is 0 Å². The SMILES string of the molecule is CCOc1c(N)ccc(C(C)=O)c1C#N. The lowest BCUT2D eigenvalue weighted by atomic mass is 10.0. The van der Waals surface area contributed by atoms with Crippen molar-refractivity contribution in [1.82, 2.24) is 0 Å². The lowest BCUT2D eigenvalue weighted by Gasteiger charge is -2.10. The summed E-state index contributed by atoms with van der Waals surface area (Å²) in [6.07, 6.45) is 0. The van der Waals surface area contributed by atoms with Crippen LogP contribution in [0.4, 0.5) is 5.69 Å². The highest BCUT2D eigenvalue weighted by molar-refractivity contribution is 5.98. The molecule has 1 aromatic carbocycles. The number of rotatable bonds is 3. The number of ether oxygens (including phenoxy) is 1. The topological polar surface area (TPSA) is 76.1 Å². The summed E-state index contributed by atoms with van der Waals surface area (Å²) in [4.78, 5) is 11.2. The quantitative estimate of drug-likeness (QED) is 0.601. The maximum absolute atomic E-state index is 11.2. The summed E-state index contributed by atoms with van der Waals surface area (Å²) in [6, 6.07) is 5.06. The number of hydrogen-bond acceptors (Lipinski definition) is 4. The summed E-state index contributed by atoms with van der Waals surface area (Å²) < 4.78 is 5.25. The largest absolute Gasteiger partial charge is 0.490 e. The number of ketones is 1. The normalized spacial score (nSPS) is 9.40. The number of nitrogens with zero attached hydrogens (tertiary/aromatic N) is 1. The third kappa shape index (κ3) is 2.08. The minimum absolute atomic E-state index is 0.174. The zero-order chi connectivity index (χ0) is 11.4. The molecular weight excluding hydrogens is 192 g/mol. The average Bonchev–Trinajstić information content (AvgIpc) is 2.20. The fourth-order valence-electron chi connectivity index (χ4n) is 1.30. The van der Waals surface area contributed by atoms with E-state index in [2.05, 4.69) is 0 Å². The van der Waals surface area contributed by atoms with E-state index in [9.17, 15) is 4.79 Å². The van der Waals surface area contributed by atoms with Crippen molar-refractivity contribution < 1.29 is 9.53 Å². The van der Waals surface area contributed by atoms with Crippen LogP contribution < -0.4 is 10.5 Å². The van der Waals surface area contributed by atoms with E-state index < -0.39 is 0 Å². The summed E-state index contributed by atoms with van der Waals surface area (Å²) >= 11 is 0. The Labute approximate surface area is 88.3 Å². The Morgan fingerprint density at radius 3 is 2.73 bits per heavy atom. The number of nitriles is 1. The van der Waals surface area contributed by atoms with Crippen molar-refractivity contribution in [2.24, 2.45) is 0 Å². The molecule has 15 heavy (non-hydrogen) atoms. The van der Waals surface area contributed by atoms with Gasteiger partial charge < -0.3 is 10.5 Å². The molecule has 0 fully saturated rings. The summed E-state index contributed by atoms with van der Waals surface area (Å²) in [5.74, 6) is 0.125. The Kier molecular flexibility index (Phi) is 3.29. The first kappa shape index (κ1) is 11.1. The number of Topliss-reactive ketones (excluding diaryl/α,β-unsaturated/α-hetero) is 1. The minimum atomic E-state index is -0.174. The molecule has 0 spiro atoms. The first-order chi connectivity index (χ1) is 7.11. The Bertz CT molecular complexity index is 433. The lowest BCUT2D eigenvalue weighted by Crippen LogP contribution is -2.04. The third-order valence-electron chi connectivity index (χ3n) is 1.97. The number of carbonyl (C=O) groups is 1. The van der Waals surface area contributed by atoms with Crippen molar-refractivity contribution in [3.63, 3.8) is 0 Å². The smallest absolute Gasteiger partial charge is 0.161 e. The van der Waals surface area contributed by atoms with Crippen molar-refractivity contribution in [2.45, 2.75) is 13.8 Å². The molecule has 1 rings (SSSR count). The van der Waals surface area contributed by atoms with Gasteiger partial charge >= 0.3 is 0 Å². The van der Waals surface area contributed by atoms with Gasteiger partial charge in [-0.3, -0.25) is 4.79 Å². The second-order valence-electron chi connectivity index (χ2n) is 3.01. The van der Waals surface area contributed by atoms with E-state index in [-0.39, 0.29) is 11.3 Å². The lowest BCUT2D eigenvalue weighted by molar-refractivity contribution is 0.101. The molecule has 0 heterocycles. The second-order valence-corrected chi connectivity index (χ2v) is 3.01. The van der Waals surface area contributed by atoms with E-state index >= 15 is 0 Å². The Balaban J connectivity index is 3.42. The van der Waals surface area contributed by atoms with Crippen LogP contribution in [0.3, 0.4) is 0 Å². The van der Waals surface area contributed by atoms with Crippen molar-refractivity contribution in [3.8, 4) is 11.8 Å². The number of anilines is 1. The van der Waals surface area contributed by atoms with Crippen molar-refractivity contribution in [1.29, 1.82) is 5.26 Å². The molecule has 0 atom stereocenters. The molecule has 0 bridgehead atoms. The molecule has 0 radical (unpaired) electrons. The zero-order valence-corrected chi connectivity index (χ0v) is 8.70. The number of carbonyl (C=O) groups excluding carboxylic acids is 1. The van der Waals surface area contributed by atoms with Gasteiger partial charge in [0.2, 0.25) is 0 Å². The zero-order valence-electron chi connectivity index (χ0n) is 8.70. The first-order valence-electron chi connectivity index (χ1n) is 4.58. The van der Waals surface area contributed by atoms with Crippen molar-refractivity contribution in [3.05, 3.63) is 23.3 Å². The van der Waals surface area contributed by atoms with E-state index in [0.29, 0.717) is 23.6 Å². The summed E-state index contributed by atoms with van der Waals surface area (Å²) in [5.41, 5.74) is 6.59. The van der Waals surface area contributed by atoms with Crippen molar-refractivity contribution in [2.75, 3.05) is 12.3 Å². The molecule has 4 nitrogen and oxygen atoms in total. The van der Waals surface area contributed by atoms with E-state index in [1.54, 1.807) is 19.1 Å². The molecule has 0 saturated heterocycles. The molecule has 78 valence electrons. The van der Waals surface area contributed by atoms with Gasteiger partial charge in [-0.25, -0.2) is 0 Å². The Morgan fingerprint density at radius 2 is 2.27 bits per heavy atom. The fraction of sp³-hybridized carbons (Fsp3) is 0.273. The van der Waals surface area contributed by atoms with Crippen molar-refractivity contribution >= 4 is 11.5 Å². The van der Waals surface area contributed by atoms with Gasteiger partial charge in [0.05, 0.1) is 12.3 Å². The highest BCUT2D eigenvalue weighted by Crippen LogP contribution is 2.29. The second kappa shape index (κ2) is 4.47. The molecule has 0 aliphatic rings. The first-order valence-corrected chi connectivity index (χ1v) is 4.58. The van der Waals surface area contributed by atoms with Gasteiger partial charge in [-0.15, -0.1) is 0 Å². The molecular formula is C11H12N2O2. The Morgan fingerprint density at radius 1 is 1.60 bits per heavy atom. The predicted octanol–water partition coefficient (Wildman–Crippen LogP) is 1.74. The molecule has 4 heteroatoms. The monoisotopic (exact) mass is 204 g/mol. The Hall–Kier alpha value is -2.02. The van der Waals surface area contributed by atoms with Crippen LogP contribution in [0.25, 0.3) is 0 Å². The van der Waals surface area contributed by atoms with Gasteiger partial charge in [0.25, 0.3) is 0 Å². The van der Waals surface area contributed by atoms with Crippen LogP contribution in [-0.4, -0.2) is 12.4 Å². The summed E-state index contributed by atoms with van der Waals surface area (Å²) in [7, 11) is 0. The third-order valence-corrected chi connectivity index (χ3v) is 1.97. The van der Waals surface area contributed by atoms with Crippen LogP contribution in [-0.2, 0) is 0 Å². The number of benzene rings is 1. The summed E-state index contributed by atoms with van der Waals surface area (Å²) in [6.45, 7) is 3.60. The summed E-state index contributed by atoms with van der Waals surface area (Å²) in [5, 5.41) is 8.96. The average molecular weight is 204 g/mol. The predicted molar refractivity (Wildman–Crippen MR) is 56.7 cm³/mol. The molecule has 0 aliphatic heterocycles. The van der Waals surface area contributed by atoms with Crippen LogP contribution in [0.1, 0.15) is 29.8 Å². The number of nitrogen functional groups attached to an aromatic ring is 1. The maximum Gasteiger partial charge on any atom is 0.161 e. The van der Waals surface area contributed by atoms with Gasteiger partial charge in [-0.2, -0.15) is 5.26 Å². The molecule has 0 aromatic heterocycles. The molecule has 0 aliphatic carbocycles. The molecule has 2 N–H and O–H groups in total. The minimum Gasteiger partial charge on any atom is -0.490 e. The van der Waals surface area contributed by atoms with Crippen LogP contribution in [0.2, 0.25) is 0 Å². The molecule has 0 amide bonds. The molecule has 0 unspecified atom stereocenters. The van der Waals surface area contributed by atoms with Gasteiger partial charge in [0.15, 0.2) is 11.5 Å². The van der Waals surface area contributed by atoms with E-state index in [1.807, 2.05) is 6.07 Å². The maximum atomic E-state index is 11.2. The highest BCUT2D eigenvalue weighted by Gasteiger charge is 2.15. The molecule has 0 saturated carbocycles. The van der Waals surface area contributed by atoms with Gasteiger partial charge in [0, 0.05) is 5.56 Å².